The van der Waals surface area contributed by atoms with E-state index in [1.807, 2.05) is 0 Å². The lowest BCUT2D eigenvalue weighted by atomic mass is 10.1. The van der Waals surface area contributed by atoms with Crippen LogP contribution in [0.1, 0.15) is 37.1 Å². The monoisotopic (exact) mass is 333 g/mol. The summed E-state index contributed by atoms with van der Waals surface area (Å²) in [4.78, 5) is 24.2. The number of hydrogen-bond donors (Lipinski definition) is 1. The van der Waals surface area contributed by atoms with Crippen molar-refractivity contribution in [3.05, 3.63) is 35.4 Å². The minimum Gasteiger partial charge on any atom is -0.480 e. The first-order chi connectivity index (χ1) is 10.6. The van der Waals surface area contributed by atoms with Crippen molar-refractivity contribution in [3.8, 4) is 0 Å². The average Bonchev–Trinajstić information content (AvgIpc) is 3.30. The summed E-state index contributed by atoms with van der Waals surface area (Å²) in [6.45, 7) is 1.28. The van der Waals surface area contributed by atoms with E-state index in [1.165, 1.54) is 6.92 Å². The van der Waals surface area contributed by atoms with Crippen LogP contribution < -0.4 is 0 Å². The lowest BCUT2D eigenvalue weighted by Gasteiger charge is -2.28. The normalized spacial score (nSPS) is 17.4. The van der Waals surface area contributed by atoms with Crippen molar-refractivity contribution < 1.29 is 32.3 Å². The van der Waals surface area contributed by atoms with Gasteiger partial charge >= 0.3 is 12.1 Å². The highest BCUT2D eigenvalue weighted by molar-refractivity contribution is 5.87. The van der Waals surface area contributed by atoms with Gasteiger partial charge in [0.25, 0.3) is 5.91 Å². The summed E-state index contributed by atoms with van der Waals surface area (Å²) in [7, 11) is 0. The Balaban J connectivity index is 2.19. The molecule has 23 heavy (non-hydrogen) atoms. The Morgan fingerprint density at radius 1 is 1.22 bits per heavy atom. The van der Waals surface area contributed by atoms with E-state index in [1.54, 1.807) is 0 Å². The molecule has 0 aliphatic heterocycles. The fourth-order valence-electron chi connectivity index (χ4n) is 2.27. The molecule has 1 N–H and O–H groups in total. The molecule has 2 atom stereocenters. The molecule has 1 aliphatic rings. The van der Waals surface area contributed by atoms with E-state index in [2.05, 4.69) is 0 Å². The molecule has 2 unspecified atom stereocenters. The van der Waals surface area contributed by atoms with Gasteiger partial charge < -0.3 is 10.0 Å². The van der Waals surface area contributed by atoms with Gasteiger partial charge in [-0.1, -0.05) is 12.1 Å². The van der Waals surface area contributed by atoms with Crippen molar-refractivity contribution in [2.45, 2.75) is 44.2 Å². The van der Waals surface area contributed by atoms with Crippen LogP contribution >= 0.6 is 0 Å². The van der Waals surface area contributed by atoms with Gasteiger partial charge in [-0.3, -0.25) is 4.79 Å². The molecule has 1 fully saturated rings. The largest absolute Gasteiger partial charge is 0.480 e. The standard InChI is InChI=1S/C15H15F4NO3/c1-8(14(22)23)20(11-6-7-11)13(21)12(16)9-2-4-10(5-3-9)15(17,18)19/h2-5,8,11-12H,6-7H2,1H3,(H,22,23). The quantitative estimate of drug-likeness (QED) is 0.842. The molecule has 1 saturated carbocycles. The third-order valence-electron chi connectivity index (χ3n) is 3.72. The molecular weight excluding hydrogens is 318 g/mol. The van der Waals surface area contributed by atoms with E-state index in [0.29, 0.717) is 25.0 Å². The van der Waals surface area contributed by atoms with Gasteiger partial charge in [-0.15, -0.1) is 0 Å². The van der Waals surface area contributed by atoms with Gasteiger partial charge in [0.1, 0.15) is 6.04 Å². The summed E-state index contributed by atoms with van der Waals surface area (Å²) in [6, 6.07) is 1.64. The van der Waals surface area contributed by atoms with Crippen molar-refractivity contribution in [2.75, 3.05) is 0 Å². The molecule has 4 nitrogen and oxygen atoms in total. The van der Waals surface area contributed by atoms with Crippen LogP contribution in [0.15, 0.2) is 24.3 Å². The van der Waals surface area contributed by atoms with Crippen LogP contribution in [0.5, 0.6) is 0 Å². The number of carbonyl (C=O) groups is 2. The number of halogens is 4. The molecule has 1 amide bonds. The molecule has 0 aromatic heterocycles. The molecule has 0 heterocycles. The number of carboxylic acids is 1. The Morgan fingerprint density at radius 3 is 2.13 bits per heavy atom. The molecule has 0 bridgehead atoms. The summed E-state index contributed by atoms with van der Waals surface area (Å²) >= 11 is 0. The van der Waals surface area contributed by atoms with Crippen LogP contribution in [0.3, 0.4) is 0 Å². The molecule has 0 radical (unpaired) electrons. The number of benzene rings is 1. The van der Waals surface area contributed by atoms with E-state index in [9.17, 15) is 27.2 Å². The number of rotatable bonds is 5. The number of aliphatic carboxylic acids is 1. The maximum Gasteiger partial charge on any atom is 0.416 e. The molecule has 8 heteroatoms. The van der Waals surface area contributed by atoms with Gasteiger partial charge in [-0.25, -0.2) is 9.18 Å². The second-order valence-electron chi connectivity index (χ2n) is 5.47. The van der Waals surface area contributed by atoms with Gasteiger partial charge in [-0.2, -0.15) is 13.2 Å². The fraction of sp³-hybridized carbons (Fsp3) is 0.467. The Labute approximate surface area is 129 Å². The zero-order valence-electron chi connectivity index (χ0n) is 12.2. The number of carbonyl (C=O) groups excluding carboxylic acids is 1. The van der Waals surface area contributed by atoms with Gasteiger partial charge in [0.2, 0.25) is 6.17 Å². The number of carboxylic acid groups (broad SMARTS) is 1. The highest BCUT2D eigenvalue weighted by atomic mass is 19.4. The van der Waals surface area contributed by atoms with Crippen molar-refractivity contribution >= 4 is 11.9 Å². The average molecular weight is 333 g/mol. The summed E-state index contributed by atoms with van der Waals surface area (Å²) < 4.78 is 51.8. The first-order valence-electron chi connectivity index (χ1n) is 6.99. The Kier molecular flexibility index (Phi) is 4.63. The summed E-state index contributed by atoms with van der Waals surface area (Å²) in [5, 5.41) is 9.01. The molecule has 0 spiro atoms. The molecule has 1 aromatic carbocycles. The molecule has 2 rings (SSSR count). The molecule has 1 aromatic rings. The molecular formula is C15H15F4NO3. The topological polar surface area (TPSA) is 57.6 Å². The van der Waals surface area contributed by atoms with Gasteiger partial charge in [-0.05, 0) is 37.5 Å². The van der Waals surface area contributed by atoms with E-state index >= 15 is 0 Å². The highest BCUT2D eigenvalue weighted by Gasteiger charge is 2.41. The smallest absolute Gasteiger partial charge is 0.416 e. The molecule has 126 valence electrons. The third kappa shape index (κ3) is 3.80. The van der Waals surface area contributed by atoms with Gasteiger partial charge in [0, 0.05) is 6.04 Å². The first-order valence-corrected chi connectivity index (χ1v) is 6.99. The van der Waals surface area contributed by atoms with Crippen LogP contribution in [0.4, 0.5) is 17.6 Å². The summed E-state index contributed by atoms with van der Waals surface area (Å²) in [5.74, 6) is -2.30. The van der Waals surface area contributed by atoms with E-state index in [4.69, 9.17) is 5.11 Å². The highest BCUT2D eigenvalue weighted by Crippen LogP contribution is 2.34. The number of alkyl halides is 4. The lowest BCUT2D eigenvalue weighted by Crippen LogP contribution is -2.46. The van der Waals surface area contributed by atoms with Gasteiger partial charge in [0.05, 0.1) is 5.56 Å². The Morgan fingerprint density at radius 2 is 1.74 bits per heavy atom. The van der Waals surface area contributed by atoms with Gasteiger partial charge in [0.15, 0.2) is 0 Å². The number of amides is 1. The second-order valence-corrected chi connectivity index (χ2v) is 5.47. The fourth-order valence-corrected chi connectivity index (χ4v) is 2.27. The maximum absolute atomic E-state index is 14.4. The molecule has 1 aliphatic carbocycles. The van der Waals surface area contributed by atoms with Crippen molar-refractivity contribution in [1.29, 1.82) is 0 Å². The van der Waals surface area contributed by atoms with Crippen LogP contribution in [-0.4, -0.2) is 34.0 Å². The SMILES string of the molecule is CC(C(=O)O)N(C(=O)C(F)c1ccc(C(F)(F)F)cc1)C1CC1. The van der Waals surface area contributed by atoms with Crippen LogP contribution in [-0.2, 0) is 15.8 Å². The zero-order chi connectivity index (χ0) is 17.4. The van der Waals surface area contributed by atoms with Crippen molar-refractivity contribution in [2.24, 2.45) is 0 Å². The van der Waals surface area contributed by atoms with Crippen molar-refractivity contribution in [1.82, 2.24) is 4.90 Å². The Bertz CT molecular complexity index is 596. The summed E-state index contributed by atoms with van der Waals surface area (Å²) in [6.07, 6.45) is -5.57. The van der Waals surface area contributed by atoms with Crippen LogP contribution in [0.2, 0.25) is 0 Å². The van der Waals surface area contributed by atoms with E-state index in [-0.39, 0.29) is 11.6 Å². The second kappa shape index (κ2) is 6.17. The Hall–Kier alpha value is -2.12. The minimum atomic E-state index is -4.55. The number of nitrogens with zero attached hydrogens (tertiary/aromatic N) is 1. The van der Waals surface area contributed by atoms with E-state index in [0.717, 1.165) is 17.0 Å². The molecule has 0 saturated heterocycles. The predicted molar refractivity (Wildman–Crippen MR) is 72.3 cm³/mol. The van der Waals surface area contributed by atoms with Crippen LogP contribution in [0, 0.1) is 0 Å². The number of hydrogen-bond acceptors (Lipinski definition) is 2. The maximum atomic E-state index is 14.4. The van der Waals surface area contributed by atoms with E-state index < -0.39 is 35.8 Å². The third-order valence-corrected chi connectivity index (χ3v) is 3.72. The zero-order valence-corrected chi connectivity index (χ0v) is 12.2. The minimum absolute atomic E-state index is 0.230. The summed E-state index contributed by atoms with van der Waals surface area (Å²) in [5.41, 5.74) is -1.18. The predicted octanol–water partition coefficient (Wildman–Crippen LogP) is 3.18. The lowest BCUT2D eigenvalue weighted by molar-refractivity contribution is -0.152. The first kappa shape index (κ1) is 17.2. The van der Waals surface area contributed by atoms with Crippen LogP contribution in [0.25, 0.3) is 0 Å². The van der Waals surface area contributed by atoms with Crippen molar-refractivity contribution in [3.63, 3.8) is 0 Å².